The molecule has 1 aliphatic rings. The Bertz CT molecular complexity index is 601. The molecule has 1 amide bonds. The number of amides is 1. The molecule has 0 saturated carbocycles. The van der Waals surface area contributed by atoms with Gasteiger partial charge in [-0.1, -0.05) is 11.6 Å². The highest BCUT2D eigenvalue weighted by Gasteiger charge is 2.36. The second-order valence-electron chi connectivity index (χ2n) is 8.04. The molecule has 0 aliphatic carbocycles. The maximum absolute atomic E-state index is 12.1. The number of rotatable bonds is 3. The molecule has 134 valence electrons. The molecule has 0 unspecified atom stereocenters. The van der Waals surface area contributed by atoms with Gasteiger partial charge in [-0.25, -0.2) is 4.79 Å². The van der Waals surface area contributed by atoms with E-state index in [1.54, 1.807) is 4.90 Å². The molecule has 1 aliphatic heterocycles. The maximum Gasteiger partial charge on any atom is 0.410 e. The highest BCUT2D eigenvalue weighted by Crippen LogP contribution is 2.38. The Kier molecular flexibility index (Phi) is 5.65. The van der Waals surface area contributed by atoms with Gasteiger partial charge in [0, 0.05) is 34.3 Å². The SMILES string of the molecule is CC(C)(C)OC(=O)N1CC(c2cc(Cl)ccc2OSC(C)(C)C)C1. The summed E-state index contributed by atoms with van der Waals surface area (Å²) in [4.78, 5) is 13.8. The van der Waals surface area contributed by atoms with E-state index in [0.717, 1.165) is 11.3 Å². The van der Waals surface area contributed by atoms with Crippen LogP contribution >= 0.6 is 23.6 Å². The lowest BCUT2D eigenvalue weighted by molar-refractivity contribution is 0.00808. The Balaban J connectivity index is 2.03. The van der Waals surface area contributed by atoms with Gasteiger partial charge in [0.2, 0.25) is 0 Å². The van der Waals surface area contributed by atoms with Crippen molar-refractivity contribution in [3.8, 4) is 5.75 Å². The fourth-order valence-electron chi connectivity index (χ4n) is 2.23. The first-order valence-electron chi connectivity index (χ1n) is 8.08. The van der Waals surface area contributed by atoms with Crippen molar-refractivity contribution in [2.24, 2.45) is 0 Å². The summed E-state index contributed by atoms with van der Waals surface area (Å²) in [6, 6.07) is 5.65. The predicted octanol–water partition coefficient (Wildman–Crippen LogP) is 5.50. The van der Waals surface area contributed by atoms with Crippen LogP contribution in [0.4, 0.5) is 4.79 Å². The fraction of sp³-hybridized carbons (Fsp3) is 0.611. The van der Waals surface area contributed by atoms with Crippen LogP contribution in [0.3, 0.4) is 0 Å². The van der Waals surface area contributed by atoms with E-state index < -0.39 is 5.60 Å². The minimum Gasteiger partial charge on any atom is -0.444 e. The zero-order valence-corrected chi connectivity index (χ0v) is 16.8. The molecule has 0 aromatic heterocycles. The second-order valence-corrected chi connectivity index (χ2v) is 10.0. The number of benzene rings is 1. The van der Waals surface area contributed by atoms with Crippen LogP contribution < -0.4 is 4.18 Å². The molecule has 0 N–H and O–H groups in total. The number of ether oxygens (including phenoxy) is 1. The van der Waals surface area contributed by atoms with Crippen LogP contribution in [0.5, 0.6) is 5.75 Å². The second kappa shape index (κ2) is 7.04. The molecule has 1 saturated heterocycles. The number of carbonyl (C=O) groups excluding carboxylic acids is 1. The molecule has 0 atom stereocenters. The molecule has 1 heterocycles. The third-order valence-electron chi connectivity index (χ3n) is 3.33. The van der Waals surface area contributed by atoms with Crippen molar-refractivity contribution < 1.29 is 13.7 Å². The van der Waals surface area contributed by atoms with Gasteiger partial charge < -0.3 is 13.8 Å². The van der Waals surface area contributed by atoms with Crippen LogP contribution in [0, 0.1) is 0 Å². The summed E-state index contributed by atoms with van der Waals surface area (Å²) in [6.07, 6.45) is -0.271. The quantitative estimate of drug-likeness (QED) is 0.657. The lowest BCUT2D eigenvalue weighted by atomic mass is 9.91. The molecule has 24 heavy (non-hydrogen) atoms. The monoisotopic (exact) mass is 371 g/mol. The normalized spacial score (nSPS) is 15.9. The Morgan fingerprint density at radius 2 is 1.83 bits per heavy atom. The average Bonchev–Trinajstić information content (AvgIpc) is 2.32. The van der Waals surface area contributed by atoms with Crippen LogP contribution in [-0.2, 0) is 4.74 Å². The topological polar surface area (TPSA) is 38.8 Å². The molecule has 0 radical (unpaired) electrons. The van der Waals surface area contributed by atoms with Crippen LogP contribution in [-0.4, -0.2) is 34.4 Å². The predicted molar refractivity (Wildman–Crippen MR) is 100.0 cm³/mol. The molecular formula is C18H26ClNO3S. The Hall–Kier alpha value is -1.07. The number of carbonyl (C=O) groups is 1. The minimum atomic E-state index is -0.476. The summed E-state index contributed by atoms with van der Waals surface area (Å²) in [6.45, 7) is 13.1. The lowest BCUT2D eigenvalue weighted by Gasteiger charge is -2.40. The highest BCUT2D eigenvalue weighted by molar-refractivity contribution is 7.96. The van der Waals surface area contributed by atoms with Crippen LogP contribution in [0.2, 0.25) is 5.02 Å². The summed E-state index contributed by atoms with van der Waals surface area (Å²) in [5.41, 5.74) is 0.564. The lowest BCUT2D eigenvalue weighted by Crippen LogP contribution is -2.50. The maximum atomic E-state index is 12.1. The Labute approximate surface area is 154 Å². The molecule has 6 heteroatoms. The first kappa shape index (κ1) is 19.3. The fourth-order valence-corrected chi connectivity index (χ4v) is 2.91. The zero-order chi connectivity index (χ0) is 18.1. The van der Waals surface area contributed by atoms with Crippen molar-refractivity contribution in [2.45, 2.75) is 57.8 Å². The highest BCUT2D eigenvalue weighted by atomic mass is 35.5. The van der Waals surface area contributed by atoms with Crippen molar-refractivity contribution in [1.82, 2.24) is 4.90 Å². The first-order valence-corrected chi connectivity index (χ1v) is 9.20. The number of likely N-dealkylation sites (tertiary alicyclic amines) is 1. The molecule has 4 nitrogen and oxygen atoms in total. The van der Waals surface area contributed by atoms with Gasteiger partial charge in [-0.15, -0.1) is 0 Å². The van der Waals surface area contributed by atoms with Gasteiger partial charge in [0.25, 0.3) is 0 Å². The van der Waals surface area contributed by atoms with Crippen LogP contribution in [0.15, 0.2) is 18.2 Å². The Morgan fingerprint density at radius 3 is 2.38 bits per heavy atom. The van der Waals surface area contributed by atoms with E-state index in [1.165, 1.54) is 12.0 Å². The van der Waals surface area contributed by atoms with Gasteiger partial charge in [0.05, 0.1) is 12.0 Å². The Morgan fingerprint density at radius 1 is 1.21 bits per heavy atom. The van der Waals surface area contributed by atoms with Gasteiger partial charge in [0.15, 0.2) is 0 Å². The van der Waals surface area contributed by atoms with E-state index >= 15 is 0 Å². The van der Waals surface area contributed by atoms with E-state index in [4.69, 9.17) is 20.5 Å². The minimum absolute atomic E-state index is 0.000923. The summed E-state index contributed by atoms with van der Waals surface area (Å²) in [7, 11) is 0. The zero-order valence-electron chi connectivity index (χ0n) is 15.2. The van der Waals surface area contributed by atoms with Crippen LogP contribution in [0.1, 0.15) is 53.0 Å². The number of hydrogen-bond acceptors (Lipinski definition) is 4. The molecule has 1 aromatic rings. The van der Waals surface area contributed by atoms with E-state index in [0.29, 0.717) is 18.1 Å². The van der Waals surface area contributed by atoms with Gasteiger partial charge in [0.1, 0.15) is 11.4 Å². The molecule has 0 spiro atoms. The van der Waals surface area contributed by atoms with Crippen molar-refractivity contribution >= 4 is 29.7 Å². The average molecular weight is 372 g/mol. The van der Waals surface area contributed by atoms with Gasteiger partial charge in [-0.2, -0.15) is 0 Å². The van der Waals surface area contributed by atoms with E-state index in [-0.39, 0.29) is 16.8 Å². The summed E-state index contributed by atoms with van der Waals surface area (Å²) in [5.74, 6) is 1.03. The molecular weight excluding hydrogens is 346 g/mol. The van der Waals surface area contributed by atoms with E-state index in [1.807, 2.05) is 39.0 Å². The summed E-state index contributed by atoms with van der Waals surface area (Å²) < 4.78 is 11.3. The molecule has 0 bridgehead atoms. The number of hydrogen-bond donors (Lipinski definition) is 0. The van der Waals surface area contributed by atoms with Crippen molar-refractivity contribution in [1.29, 1.82) is 0 Å². The molecule has 1 fully saturated rings. The van der Waals surface area contributed by atoms with Gasteiger partial charge in [-0.05, 0) is 59.7 Å². The molecule has 1 aromatic carbocycles. The van der Waals surface area contributed by atoms with Gasteiger partial charge in [-0.3, -0.25) is 0 Å². The van der Waals surface area contributed by atoms with Gasteiger partial charge >= 0.3 is 6.09 Å². The smallest absolute Gasteiger partial charge is 0.410 e. The van der Waals surface area contributed by atoms with Crippen LogP contribution in [0.25, 0.3) is 0 Å². The summed E-state index contributed by atoms with van der Waals surface area (Å²) in [5, 5.41) is 0.675. The largest absolute Gasteiger partial charge is 0.444 e. The number of nitrogens with zero attached hydrogens (tertiary/aromatic N) is 1. The summed E-state index contributed by atoms with van der Waals surface area (Å²) >= 11 is 7.58. The van der Waals surface area contributed by atoms with E-state index in [2.05, 4.69) is 20.8 Å². The van der Waals surface area contributed by atoms with E-state index in [9.17, 15) is 4.79 Å². The molecule has 2 rings (SSSR count). The third kappa shape index (κ3) is 5.49. The van der Waals surface area contributed by atoms with Crippen molar-refractivity contribution in [2.75, 3.05) is 13.1 Å². The number of halogens is 1. The first-order chi connectivity index (χ1) is 10.9. The van der Waals surface area contributed by atoms with Crippen molar-refractivity contribution in [3.05, 3.63) is 28.8 Å². The third-order valence-corrected chi connectivity index (χ3v) is 4.32. The van der Waals surface area contributed by atoms with Crippen molar-refractivity contribution in [3.63, 3.8) is 0 Å². The standard InChI is InChI=1S/C18H26ClNO3S/c1-17(2,3)22-16(21)20-10-12(11-20)14-9-13(19)7-8-15(14)23-24-18(4,5)6/h7-9,12H,10-11H2,1-6H3.